The van der Waals surface area contributed by atoms with Crippen molar-refractivity contribution in [3.8, 4) is 0 Å². The fourth-order valence-corrected chi connectivity index (χ4v) is 4.08. The largest absolute Gasteiger partial charge is 0.481 e. The molecule has 2 aliphatic heterocycles. The highest BCUT2D eigenvalue weighted by Crippen LogP contribution is 2.10. The highest BCUT2D eigenvalue weighted by Gasteiger charge is 2.17. The molecule has 0 spiro atoms. The molecular weight excluding hydrogens is 592 g/mol. The minimum absolute atomic E-state index is 0.0628. The number of carboxylic acid groups (broad SMARTS) is 3. The minimum atomic E-state index is -0.870. The van der Waals surface area contributed by atoms with Gasteiger partial charge in [0.1, 0.15) is 0 Å². The molecule has 0 aromatic carbocycles. The summed E-state index contributed by atoms with van der Waals surface area (Å²) in [6.07, 6.45) is 8.16. The molecule has 0 bridgehead atoms. The van der Waals surface area contributed by atoms with E-state index in [9.17, 15) is 28.8 Å². The molecule has 2 saturated heterocycles. The van der Waals surface area contributed by atoms with Crippen LogP contribution in [0.15, 0.2) is 0 Å². The number of hydrogen-bond acceptors (Lipinski definition) is 7. The third kappa shape index (κ3) is 22.1. The van der Waals surface area contributed by atoms with Crippen molar-refractivity contribution >= 4 is 51.8 Å². The topological polar surface area (TPSA) is 194 Å². The molecule has 40 heavy (non-hydrogen) atoms. The molecule has 0 radical (unpaired) electrons. The predicted molar refractivity (Wildman–Crippen MR) is 151 cm³/mol. The zero-order valence-corrected chi connectivity index (χ0v) is 24.8. The van der Waals surface area contributed by atoms with Crippen LogP contribution in [0, 0.1) is 0 Å². The first-order valence-electron chi connectivity index (χ1n) is 13.9. The van der Waals surface area contributed by atoms with E-state index in [-0.39, 0.29) is 31.1 Å². The van der Waals surface area contributed by atoms with Crippen LogP contribution in [-0.4, -0.2) is 100 Å². The van der Waals surface area contributed by atoms with Gasteiger partial charge < -0.3 is 30.4 Å². The highest BCUT2D eigenvalue weighted by molar-refractivity contribution is 9.08. The number of rotatable bonds is 16. The predicted octanol–water partition coefficient (Wildman–Crippen LogP) is 2.37. The molecular formula is C26H45BrN4O9. The summed E-state index contributed by atoms with van der Waals surface area (Å²) in [5, 5.41) is 27.5. The summed E-state index contributed by atoms with van der Waals surface area (Å²) in [5.41, 5.74) is 0. The second-order valence-electron chi connectivity index (χ2n) is 9.50. The SMILES string of the molecule is O=C(O)CCCCC(=O)NCCN1CCCCC1=O.O=C(O)CCCCC(=O)O.O=C1CCCCN1CCNBr. The molecule has 2 rings (SSSR count). The van der Waals surface area contributed by atoms with Crippen LogP contribution in [0.4, 0.5) is 0 Å². The van der Waals surface area contributed by atoms with Gasteiger partial charge in [0.25, 0.3) is 0 Å². The van der Waals surface area contributed by atoms with E-state index in [0.29, 0.717) is 57.5 Å². The lowest BCUT2D eigenvalue weighted by Gasteiger charge is -2.26. The first kappa shape index (κ1) is 37.3. The fraction of sp³-hybridized carbons (Fsp3) is 0.769. The number of carbonyl (C=O) groups excluding carboxylic acids is 3. The zero-order chi connectivity index (χ0) is 30.2. The van der Waals surface area contributed by atoms with Crippen molar-refractivity contribution in [2.24, 2.45) is 0 Å². The summed E-state index contributed by atoms with van der Waals surface area (Å²) < 4.78 is 2.85. The number of hydrogen-bond donors (Lipinski definition) is 5. The van der Waals surface area contributed by atoms with Gasteiger partial charge in [-0.05, 0) is 51.4 Å². The van der Waals surface area contributed by atoms with Crippen molar-refractivity contribution < 1.29 is 44.1 Å². The smallest absolute Gasteiger partial charge is 0.303 e. The van der Waals surface area contributed by atoms with Gasteiger partial charge in [0.2, 0.25) is 17.7 Å². The van der Waals surface area contributed by atoms with Gasteiger partial charge >= 0.3 is 17.9 Å². The van der Waals surface area contributed by atoms with Gasteiger partial charge in [-0.1, -0.05) is 0 Å². The molecule has 0 atom stereocenters. The van der Waals surface area contributed by atoms with Crippen molar-refractivity contribution in [3.05, 3.63) is 0 Å². The fourth-order valence-electron chi connectivity index (χ4n) is 3.91. The van der Waals surface area contributed by atoms with Crippen LogP contribution in [0.2, 0.25) is 0 Å². The van der Waals surface area contributed by atoms with Crippen molar-refractivity contribution in [2.75, 3.05) is 39.3 Å². The maximum atomic E-state index is 11.5. The molecule has 2 fully saturated rings. The Kier molecular flexibility index (Phi) is 22.4. The number of aliphatic carboxylic acids is 3. The van der Waals surface area contributed by atoms with Crippen molar-refractivity contribution in [1.82, 2.24) is 19.5 Å². The van der Waals surface area contributed by atoms with E-state index < -0.39 is 17.9 Å². The Labute approximate surface area is 244 Å². The lowest BCUT2D eigenvalue weighted by molar-refractivity contribution is -0.139. The van der Waals surface area contributed by atoms with Gasteiger partial charge in [-0.25, -0.2) is 0 Å². The zero-order valence-electron chi connectivity index (χ0n) is 23.2. The maximum Gasteiger partial charge on any atom is 0.303 e. The monoisotopic (exact) mass is 636 g/mol. The molecule has 0 aromatic rings. The van der Waals surface area contributed by atoms with Crippen LogP contribution < -0.4 is 9.66 Å². The number of likely N-dealkylation sites (tertiary alicyclic amines) is 2. The van der Waals surface area contributed by atoms with Crippen LogP contribution in [0.5, 0.6) is 0 Å². The summed E-state index contributed by atoms with van der Waals surface area (Å²) in [6, 6.07) is 0. The molecule has 3 amide bonds. The molecule has 0 aliphatic carbocycles. The molecule has 0 saturated carbocycles. The third-order valence-electron chi connectivity index (χ3n) is 6.10. The average Bonchev–Trinajstić information content (AvgIpc) is 2.90. The van der Waals surface area contributed by atoms with E-state index in [1.165, 1.54) is 0 Å². The number of carboxylic acids is 3. The molecule has 5 N–H and O–H groups in total. The molecule has 2 aliphatic rings. The van der Waals surface area contributed by atoms with Crippen LogP contribution in [0.25, 0.3) is 0 Å². The Morgan fingerprint density at radius 2 is 1.05 bits per heavy atom. The van der Waals surface area contributed by atoms with Crippen LogP contribution >= 0.6 is 16.1 Å². The molecule has 0 unspecified atom stereocenters. The van der Waals surface area contributed by atoms with Crippen LogP contribution in [0.1, 0.15) is 89.9 Å². The summed E-state index contributed by atoms with van der Waals surface area (Å²) in [7, 11) is 0. The Morgan fingerprint density at radius 3 is 1.43 bits per heavy atom. The Balaban J connectivity index is 0.000000618. The van der Waals surface area contributed by atoms with E-state index in [1.807, 2.05) is 4.90 Å². The molecule has 2 heterocycles. The number of nitrogens with zero attached hydrogens (tertiary/aromatic N) is 2. The molecule has 230 valence electrons. The Hall–Kier alpha value is -2.74. The van der Waals surface area contributed by atoms with E-state index in [0.717, 1.165) is 58.3 Å². The quantitative estimate of drug-likeness (QED) is 0.124. The van der Waals surface area contributed by atoms with Gasteiger partial charge in [-0.2, -0.15) is 0 Å². The van der Waals surface area contributed by atoms with Crippen molar-refractivity contribution in [1.29, 1.82) is 0 Å². The normalized spacial score (nSPS) is 14.8. The first-order valence-corrected chi connectivity index (χ1v) is 14.7. The lowest BCUT2D eigenvalue weighted by Crippen LogP contribution is -2.41. The minimum Gasteiger partial charge on any atom is -0.481 e. The van der Waals surface area contributed by atoms with E-state index in [1.54, 1.807) is 4.90 Å². The molecule has 13 nitrogen and oxygen atoms in total. The Morgan fingerprint density at radius 1 is 0.650 bits per heavy atom. The van der Waals surface area contributed by atoms with Gasteiger partial charge in [0.05, 0.1) is 0 Å². The standard InChI is InChI=1S/C13H22N2O4.C7H13BrN2O.C6H10O4/c16-11(5-1-2-7-13(18)19)14-8-10-15-9-4-3-6-12(15)17;8-9-4-6-10-5-2-1-3-7(10)11;7-5(8)3-1-2-4-6(9)10/h1-10H2,(H,14,16)(H,18,19);9H,1-6H2;1-4H2,(H,7,8)(H,9,10). The lowest BCUT2D eigenvalue weighted by atomic mass is 10.1. The maximum absolute atomic E-state index is 11.5. The van der Waals surface area contributed by atoms with Gasteiger partial charge in [0, 0.05) is 93.9 Å². The second-order valence-corrected chi connectivity index (χ2v) is 10.1. The van der Waals surface area contributed by atoms with Crippen LogP contribution in [0.3, 0.4) is 0 Å². The number of piperidine rings is 2. The number of halogens is 1. The molecule has 14 heteroatoms. The molecule has 0 aromatic heterocycles. The first-order chi connectivity index (χ1) is 19.1. The number of amides is 3. The van der Waals surface area contributed by atoms with Crippen molar-refractivity contribution in [3.63, 3.8) is 0 Å². The Bertz CT molecular complexity index is 782. The van der Waals surface area contributed by atoms with Crippen LogP contribution in [-0.2, 0) is 28.8 Å². The summed E-state index contributed by atoms with van der Waals surface area (Å²) in [5.74, 6) is -2.17. The summed E-state index contributed by atoms with van der Waals surface area (Å²) in [6.45, 7) is 4.42. The van der Waals surface area contributed by atoms with Gasteiger partial charge in [0.15, 0.2) is 0 Å². The van der Waals surface area contributed by atoms with E-state index in [4.69, 9.17) is 15.3 Å². The highest BCUT2D eigenvalue weighted by atomic mass is 79.9. The third-order valence-corrected chi connectivity index (χ3v) is 6.50. The second kappa shape index (κ2) is 24.1. The van der Waals surface area contributed by atoms with E-state index >= 15 is 0 Å². The van der Waals surface area contributed by atoms with E-state index in [2.05, 4.69) is 25.8 Å². The van der Waals surface area contributed by atoms with Crippen molar-refractivity contribution in [2.45, 2.75) is 89.9 Å². The number of carbonyl (C=O) groups is 6. The summed E-state index contributed by atoms with van der Waals surface area (Å²) >= 11 is 3.11. The number of nitrogens with one attached hydrogen (secondary N) is 2. The average molecular weight is 638 g/mol. The summed E-state index contributed by atoms with van der Waals surface area (Å²) in [4.78, 5) is 67.9. The number of unbranched alkanes of at least 4 members (excludes halogenated alkanes) is 2. The van der Waals surface area contributed by atoms with Gasteiger partial charge in [-0.3, -0.25) is 33.1 Å². The van der Waals surface area contributed by atoms with Gasteiger partial charge in [-0.15, -0.1) is 0 Å².